The van der Waals surface area contributed by atoms with E-state index >= 15 is 0 Å². The third-order valence-electron chi connectivity index (χ3n) is 5.68. The molecule has 0 fully saturated rings. The van der Waals surface area contributed by atoms with E-state index < -0.39 is 23.7 Å². The van der Waals surface area contributed by atoms with Crippen LogP contribution in [-0.4, -0.2) is 51.7 Å². The topological polar surface area (TPSA) is 92.4 Å². The molecule has 0 saturated carbocycles. The predicted octanol–water partition coefficient (Wildman–Crippen LogP) is 4.30. The van der Waals surface area contributed by atoms with Gasteiger partial charge in [-0.05, 0) is 63.6 Å². The summed E-state index contributed by atoms with van der Waals surface area (Å²) in [5.74, 6) is -1.87. The van der Waals surface area contributed by atoms with Gasteiger partial charge in [0.05, 0.1) is 12.6 Å². The fourth-order valence-electron chi connectivity index (χ4n) is 3.92. The van der Waals surface area contributed by atoms with Crippen LogP contribution in [0.15, 0.2) is 48.7 Å². The van der Waals surface area contributed by atoms with E-state index in [1.54, 1.807) is 40.0 Å². The normalized spacial score (nSPS) is 11.7. The first-order chi connectivity index (χ1) is 16.2. The maximum absolute atomic E-state index is 13.8. The Balaban J connectivity index is 1.94. The first kappa shape index (κ1) is 24.8. The largest absolute Gasteiger partial charge is 0.461 e. The average Bonchev–Trinajstić information content (AvgIpc) is 3.13. The molecule has 8 heteroatoms. The van der Waals surface area contributed by atoms with Crippen molar-refractivity contribution in [2.45, 2.75) is 40.2 Å². The van der Waals surface area contributed by atoms with Gasteiger partial charge in [-0.1, -0.05) is 12.1 Å². The van der Waals surface area contributed by atoms with Gasteiger partial charge in [-0.15, -0.1) is 0 Å². The van der Waals surface area contributed by atoms with Crippen LogP contribution >= 0.6 is 0 Å². The number of hydrogen-bond acceptors (Lipinski definition) is 5. The van der Waals surface area contributed by atoms with Gasteiger partial charge in [0.2, 0.25) is 0 Å². The summed E-state index contributed by atoms with van der Waals surface area (Å²) in [5.41, 5.74) is 2.45. The maximum atomic E-state index is 13.8. The first-order valence-corrected chi connectivity index (χ1v) is 11.1. The van der Waals surface area contributed by atoms with E-state index in [0.717, 1.165) is 11.8 Å². The zero-order chi connectivity index (χ0) is 24.8. The number of ketones is 1. The van der Waals surface area contributed by atoms with Crippen molar-refractivity contribution in [1.82, 2.24) is 14.9 Å². The van der Waals surface area contributed by atoms with E-state index in [1.807, 2.05) is 12.1 Å². The third-order valence-corrected chi connectivity index (χ3v) is 5.68. The van der Waals surface area contributed by atoms with Gasteiger partial charge < -0.3 is 14.6 Å². The number of nitrogens with zero attached hydrogens (tertiary/aromatic N) is 2. The van der Waals surface area contributed by atoms with Crippen LogP contribution in [0.4, 0.5) is 4.39 Å². The summed E-state index contributed by atoms with van der Waals surface area (Å²) < 4.78 is 18.9. The Kier molecular flexibility index (Phi) is 7.94. The van der Waals surface area contributed by atoms with Crippen molar-refractivity contribution in [3.05, 3.63) is 88.3 Å². The van der Waals surface area contributed by atoms with Crippen molar-refractivity contribution in [1.29, 1.82) is 0 Å². The second kappa shape index (κ2) is 10.9. The van der Waals surface area contributed by atoms with Crippen LogP contribution in [-0.2, 0) is 11.2 Å². The van der Waals surface area contributed by atoms with Gasteiger partial charge in [0, 0.05) is 41.7 Å². The first-order valence-electron chi connectivity index (χ1n) is 11.1. The van der Waals surface area contributed by atoms with E-state index in [2.05, 4.69) is 9.97 Å². The lowest BCUT2D eigenvalue weighted by Crippen LogP contribution is -2.44. The second-order valence-electron chi connectivity index (χ2n) is 7.97. The Morgan fingerprint density at radius 1 is 1.15 bits per heavy atom. The quantitative estimate of drug-likeness (QED) is 0.376. The molecular formula is C26H28FN3O4. The summed E-state index contributed by atoms with van der Waals surface area (Å²) in [7, 11) is 0. The number of ether oxygens (including phenoxy) is 1. The molecule has 0 unspecified atom stereocenters. The highest BCUT2D eigenvalue weighted by Gasteiger charge is 2.31. The summed E-state index contributed by atoms with van der Waals surface area (Å²) >= 11 is 0. The number of H-pyrrole nitrogens is 1. The van der Waals surface area contributed by atoms with Gasteiger partial charge in [-0.2, -0.15) is 0 Å². The summed E-state index contributed by atoms with van der Waals surface area (Å²) in [6.07, 6.45) is 2.07. The van der Waals surface area contributed by atoms with Crippen LogP contribution in [0.5, 0.6) is 0 Å². The van der Waals surface area contributed by atoms with Crippen molar-refractivity contribution in [3.8, 4) is 0 Å². The number of nitrogens with one attached hydrogen (secondary N) is 1. The molecule has 7 nitrogen and oxygen atoms in total. The molecule has 3 rings (SSSR count). The third kappa shape index (κ3) is 5.39. The molecule has 34 heavy (non-hydrogen) atoms. The Bertz CT molecular complexity index is 1190. The van der Waals surface area contributed by atoms with Crippen molar-refractivity contribution in [3.63, 3.8) is 0 Å². The van der Waals surface area contributed by atoms with Gasteiger partial charge >= 0.3 is 5.97 Å². The lowest BCUT2D eigenvalue weighted by atomic mass is 9.99. The Morgan fingerprint density at radius 3 is 2.56 bits per heavy atom. The number of esters is 1. The number of pyridine rings is 1. The number of aryl methyl sites for hydroxylation is 1. The predicted molar refractivity (Wildman–Crippen MR) is 125 cm³/mol. The standard InChI is InChI=1S/C26H28FN3O4/c1-5-34-26(33)23-16(2)22(17(3)29-23)24(31)18(4)30(14-12-21-11-6-7-13-28-21)25(32)19-9-8-10-20(27)15-19/h6-11,13,15,18,29H,5,12,14H2,1-4H3/t18-/m1/s1. The minimum atomic E-state index is -0.872. The van der Waals surface area contributed by atoms with Crippen molar-refractivity contribution in [2.75, 3.05) is 13.2 Å². The Morgan fingerprint density at radius 2 is 1.91 bits per heavy atom. The van der Waals surface area contributed by atoms with Gasteiger partial charge in [0.25, 0.3) is 5.91 Å². The minimum Gasteiger partial charge on any atom is -0.461 e. The summed E-state index contributed by atoms with van der Waals surface area (Å²) in [6.45, 7) is 7.11. The van der Waals surface area contributed by atoms with Crippen molar-refractivity contribution < 1.29 is 23.5 Å². The molecular weight excluding hydrogens is 437 g/mol. The molecule has 3 aromatic rings. The fourth-order valence-corrected chi connectivity index (χ4v) is 3.92. The van der Waals surface area contributed by atoms with Gasteiger partial charge in [0.15, 0.2) is 5.78 Å². The van der Waals surface area contributed by atoms with Crippen LogP contribution < -0.4 is 0 Å². The van der Waals surface area contributed by atoms with Crippen LogP contribution in [0.3, 0.4) is 0 Å². The molecule has 178 valence electrons. The molecule has 0 spiro atoms. The Hall–Kier alpha value is -3.81. The number of aromatic nitrogens is 2. The average molecular weight is 466 g/mol. The molecule has 0 saturated heterocycles. The van der Waals surface area contributed by atoms with Crippen LogP contribution in [0.1, 0.15) is 62.0 Å². The minimum absolute atomic E-state index is 0.149. The van der Waals surface area contributed by atoms with E-state index in [9.17, 15) is 18.8 Å². The second-order valence-corrected chi connectivity index (χ2v) is 7.97. The molecule has 2 aromatic heterocycles. The van der Waals surface area contributed by atoms with Gasteiger partial charge in [0.1, 0.15) is 11.5 Å². The molecule has 1 aromatic carbocycles. The molecule has 2 heterocycles. The number of hydrogen-bond donors (Lipinski definition) is 1. The molecule has 0 aliphatic carbocycles. The zero-order valence-electron chi connectivity index (χ0n) is 19.7. The number of halogens is 1. The number of Topliss-reactive ketones (excluding diaryl/α,β-unsaturated/α-hetero) is 1. The van der Waals surface area contributed by atoms with Crippen molar-refractivity contribution in [2.24, 2.45) is 0 Å². The zero-order valence-corrected chi connectivity index (χ0v) is 19.7. The highest BCUT2D eigenvalue weighted by atomic mass is 19.1. The number of carbonyl (C=O) groups excluding carboxylic acids is 3. The van der Waals surface area contributed by atoms with E-state index in [1.165, 1.54) is 23.1 Å². The van der Waals surface area contributed by atoms with Gasteiger partial charge in [-0.3, -0.25) is 14.6 Å². The van der Waals surface area contributed by atoms with Crippen LogP contribution in [0, 0.1) is 19.7 Å². The summed E-state index contributed by atoms with van der Waals surface area (Å²) in [4.78, 5) is 47.9. The molecule has 0 radical (unpaired) electrons. The van der Waals surface area contributed by atoms with E-state index in [0.29, 0.717) is 23.2 Å². The van der Waals surface area contributed by atoms with Crippen LogP contribution in [0.25, 0.3) is 0 Å². The van der Waals surface area contributed by atoms with Gasteiger partial charge in [-0.25, -0.2) is 9.18 Å². The van der Waals surface area contributed by atoms with E-state index in [4.69, 9.17) is 4.74 Å². The number of rotatable bonds is 9. The Labute approximate surface area is 198 Å². The van der Waals surface area contributed by atoms with E-state index in [-0.39, 0.29) is 30.2 Å². The highest BCUT2D eigenvalue weighted by molar-refractivity contribution is 6.07. The van der Waals surface area contributed by atoms with Crippen molar-refractivity contribution >= 4 is 17.7 Å². The highest BCUT2D eigenvalue weighted by Crippen LogP contribution is 2.23. The number of amides is 1. The van der Waals surface area contributed by atoms with Crippen LogP contribution in [0.2, 0.25) is 0 Å². The smallest absolute Gasteiger partial charge is 0.355 e. The molecule has 1 N–H and O–H groups in total. The maximum Gasteiger partial charge on any atom is 0.355 e. The molecule has 0 bridgehead atoms. The lowest BCUT2D eigenvalue weighted by molar-refractivity contribution is 0.0519. The fraction of sp³-hybridized carbons (Fsp3) is 0.308. The number of carbonyl (C=O) groups is 3. The number of benzene rings is 1. The lowest BCUT2D eigenvalue weighted by Gasteiger charge is -2.29. The summed E-state index contributed by atoms with van der Waals surface area (Å²) in [6, 6.07) is 9.99. The number of aromatic amines is 1. The molecule has 1 amide bonds. The molecule has 1 atom stereocenters. The monoisotopic (exact) mass is 465 g/mol. The molecule has 0 aliphatic rings. The molecule has 0 aliphatic heterocycles. The SMILES string of the molecule is CCOC(=O)c1[nH]c(C)c(C(=O)[C@@H](C)N(CCc2ccccn2)C(=O)c2cccc(F)c2)c1C. The summed E-state index contributed by atoms with van der Waals surface area (Å²) in [5, 5.41) is 0.